The highest BCUT2D eigenvalue weighted by molar-refractivity contribution is 5.81. The molecule has 0 atom stereocenters. The van der Waals surface area contributed by atoms with Crippen LogP contribution in [0.5, 0.6) is 5.75 Å². The molecule has 1 aliphatic carbocycles. The molecule has 2 heterocycles. The van der Waals surface area contributed by atoms with E-state index < -0.39 is 0 Å². The van der Waals surface area contributed by atoms with Crippen molar-refractivity contribution >= 4 is 5.91 Å². The number of carbonyl (C=O) groups is 1. The average molecular weight is 352 g/mol. The summed E-state index contributed by atoms with van der Waals surface area (Å²) in [5.74, 6) is 2.37. The summed E-state index contributed by atoms with van der Waals surface area (Å²) in [6.07, 6.45) is 3.53. The van der Waals surface area contributed by atoms with Crippen LogP contribution in [0.25, 0.3) is 11.3 Å². The van der Waals surface area contributed by atoms with Gasteiger partial charge in [0.15, 0.2) is 5.76 Å². The highest BCUT2D eigenvalue weighted by Crippen LogP contribution is 2.33. The minimum Gasteiger partial charge on any atom is -0.496 e. The van der Waals surface area contributed by atoms with Crippen molar-refractivity contribution in [1.82, 2.24) is 10.1 Å². The second kappa shape index (κ2) is 7.07. The normalized spacial score (nSPS) is 13.6. The lowest BCUT2D eigenvalue weighted by atomic mass is 10.1. The zero-order valence-electron chi connectivity index (χ0n) is 14.6. The summed E-state index contributed by atoms with van der Waals surface area (Å²) in [5, 5.41) is 4.14. The van der Waals surface area contributed by atoms with Crippen molar-refractivity contribution in [2.24, 2.45) is 5.92 Å². The van der Waals surface area contributed by atoms with Gasteiger partial charge in [-0.3, -0.25) is 4.79 Å². The molecule has 0 bridgehead atoms. The number of benzene rings is 1. The molecule has 3 aromatic rings. The number of aromatic nitrogens is 1. The average Bonchev–Trinajstić information content (AvgIpc) is 3.20. The molecule has 0 aliphatic heterocycles. The molecule has 1 aromatic carbocycles. The molecule has 1 amide bonds. The van der Waals surface area contributed by atoms with Crippen molar-refractivity contribution in [2.75, 3.05) is 7.11 Å². The molecule has 1 saturated carbocycles. The first-order chi connectivity index (χ1) is 12.7. The first kappa shape index (κ1) is 16.4. The maximum absolute atomic E-state index is 12.6. The van der Waals surface area contributed by atoms with Gasteiger partial charge < -0.3 is 18.6 Å². The van der Waals surface area contributed by atoms with E-state index in [4.69, 9.17) is 13.7 Å². The fourth-order valence-corrected chi connectivity index (χ4v) is 2.95. The summed E-state index contributed by atoms with van der Waals surface area (Å²) in [7, 11) is 1.62. The van der Waals surface area contributed by atoms with Crippen LogP contribution in [-0.4, -0.2) is 23.1 Å². The second-order valence-electron chi connectivity index (χ2n) is 6.43. The lowest BCUT2D eigenvalue weighted by molar-refractivity contribution is -0.134. The molecule has 0 spiro atoms. The van der Waals surface area contributed by atoms with Crippen LogP contribution in [0.3, 0.4) is 0 Å². The number of amides is 1. The highest BCUT2D eigenvalue weighted by Gasteiger charge is 2.34. The number of rotatable bonds is 7. The zero-order valence-corrected chi connectivity index (χ0v) is 14.6. The van der Waals surface area contributed by atoms with E-state index in [0.29, 0.717) is 24.5 Å². The number of carbonyl (C=O) groups excluding carboxylic acids is 1. The fourth-order valence-electron chi connectivity index (χ4n) is 2.95. The smallest absolute Gasteiger partial charge is 0.226 e. The van der Waals surface area contributed by atoms with Crippen LogP contribution < -0.4 is 4.74 Å². The van der Waals surface area contributed by atoms with E-state index in [9.17, 15) is 4.79 Å². The van der Waals surface area contributed by atoms with Crippen LogP contribution in [-0.2, 0) is 17.9 Å². The number of methoxy groups -OCH3 is 1. The zero-order chi connectivity index (χ0) is 17.9. The summed E-state index contributed by atoms with van der Waals surface area (Å²) >= 11 is 0. The van der Waals surface area contributed by atoms with Gasteiger partial charge in [-0.25, -0.2) is 0 Å². The standard InChI is InChI=1S/C20H20N2O4/c1-24-18-7-3-2-6-17(18)19-11-15(21-26-19)12-22(20(23)14-8-9-14)13-16-5-4-10-25-16/h2-7,10-11,14H,8-9,12-13H2,1H3. The number of furan rings is 1. The van der Waals surface area contributed by atoms with E-state index in [1.54, 1.807) is 18.3 Å². The van der Waals surface area contributed by atoms with Gasteiger partial charge in [-0.05, 0) is 37.1 Å². The molecule has 4 rings (SSSR count). The first-order valence-corrected chi connectivity index (χ1v) is 8.65. The van der Waals surface area contributed by atoms with Crippen molar-refractivity contribution < 1.29 is 18.5 Å². The molecule has 26 heavy (non-hydrogen) atoms. The number of para-hydroxylation sites is 1. The summed E-state index contributed by atoms with van der Waals surface area (Å²) in [6.45, 7) is 0.813. The van der Waals surface area contributed by atoms with E-state index >= 15 is 0 Å². The van der Waals surface area contributed by atoms with E-state index in [1.807, 2.05) is 42.5 Å². The number of nitrogens with zero attached hydrogens (tertiary/aromatic N) is 2. The van der Waals surface area contributed by atoms with Crippen molar-refractivity contribution in [1.29, 1.82) is 0 Å². The first-order valence-electron chi connectivity index (χ1n) is 8.65. The monoisotopic (exact) mass is 352 g/mol. The van der Waals surface area contributed by atoms with E-state index in [2.05, 4.69) is 5.16 Å². The van der Waals surface area contributed by atoms with Crippen molar-refractivity contribution in [3.63, 3.8) is 0 Å². The molecule has 6 heteroatoms. The quantitative estimate of drug-likeness (QED) is 0.645. The molecule has 1 fully saturated rings. The van der Waals surface area contributed by atoms with Crippen molar-refractivity contribution in [3.8, 4) is 17.1 Å². The second-order valence-corrected chi connectivity index (χ2v) is 6.43. The topological polar surface area (TPSA) is 68.7 Å². The Morgan fingerprint density at radius 1 is 1.23 bits per heavy atom. The Morgan fingerprint density at radius 3 is 2.81 bits per heavy atom. The largest absolute Gasteiger partial charge is 0.496 e. The molecule has 2 aromatic heterocycles. The lowest BCUT2D eigenvalue weighted by Crippen LogP contribution is -2.31. The predicted octanol–water partition coefficient (Wildman–Crippen LogP) is 3.88. The molecular weight excluding hydrogens is 332 g/mol. The molecule has 0 saturated heterocycles. The van der Waals surface area contributed by atoms with E-state index in [0.717, 1.165) is 29.9 Å². The van der Waals surface area contributed by atoms with Crippen LogP contribution in [0.15, 0.2) is 57.7 Å². The molecule has 0 radical (unpaired) electrons. The van der Waals surface area contributed by atoms with Gasteiger partial charge in [0.05, 0.1) is 32.0 Å². The molecular formula is C20H20N2O4. The number of ether oxygens (including phenoxy) is 1. The minimum atomic E-state index is 0.130. The summed E-state index contributed by atoms with van der Waals surface area (Å²) in [5.41, 5.74) is 1.53. The van der Waals surface area contributed by atoms with Gasteiger partial charge >= 0.3 is 0 Å². The van der Waals surface area contributed by atoms with Gasteiger partial charge in [0.2, 0.25) is 5.91 Å². The van der Waals surface area contributed by atoms with Gasteiger partial charge in [-0.1, -0.05) is 17.3 Å². The Labute approximate surface area is 151 Å². The summed E-state index contributed by atoms with van der Waals surface area (Å²) in [4.78, 5) is 14.4. The Morgan fingerprint density at radius 2 is 2.08 bits per heavy atom. The Balaban J connectivity index is 1.54. The summed E-state index contributed by atoms with van der Waals surface area (Å²) in [6, 6.07) is 13.2. The molecule has 1 aliphatic rings. The van der Waals surface area contributed by atoms with Gasteiger partial charge in [-0.2, -0.15) is 0 Å². The van der Waals surface area contributed by atoms with Gasteiger partial charge in [0, 0.05) is 12.0 Å². The lowest BCUT2D eigenvalue weighted by Gasteiger charge is -2.20. The van der Waals surface area contributed by atoms with Gasteiger partial charge in [0.1, 0.15) is 17.2 Å². The summed E-state index contributed by atoms with van der Waals surface area (Å²) < 4.78 is 16.3. The fraction of sp³-hybridized carbons (Fsp3) is 0.300. The Hall–Kier alpha value is -3.02. The number of hydrogen-bond donors (Lipinski definition) is 0. The molecule has 0 N–H and O–H groups in total. The van der Waals surface area contributed by atoms with Crippen LogP contribution in [0.2, 0.25) is 0 Å². The molecule has 0 unspecified atom stereocenters. The van der Waals surface area contributed by atoms with Crippen LogP contribution in [0.4, 0.5) is 0 Å². The van der Waals surface area contributed by atoms with Crippen LogP contribution in [0.1, 0.15) is 24.3 Å². The van der Waals surface area contributed by atoms with Crippen LogP contribution in [0, 0.1) is 5.92 Å². The Bertz CT molecular complexity index is 881. The van der Waals surface area contributed by atoms with E-state index in [1.165, 1.54) is 0 Å². The van der Waals surface area contributed by atoms with Crippen LogP contribution >= 0.6 is 0 Å². The maximum atomic E-state index is 12.6. The SMILES string of the molecule is COc1ccccc1-c1cc(CN(Cc2ccco2)C(=O)C2CC2)no1. The van der Waals surface area contributed by atoms with E-state index in [-0.39, 0.29) is 11.8 Å². The van der Waals surface area contributed by atoms with Gasteiger partial charge in [0.25, 0.3) is 0 Å². The third-order valence-corrected chi connectivity index (χ3v) is 4.45. The number of hydrogen-bond acceptors (Lipinski definition) is 5. The third-order valence-electron chi connectivity index (χ3n) is 4.45. The van der Waals surface area contributed by atoms with Gasteiger partial charge in [-0.15, -0.1) is 0 Å². The van der Waals surface area contributed by atoms with Crippen molar-refractivity contribution in [2.45, 2.75) is 25.9 Å². The molecule has 134 valence electrons. The Kier molecular flexibility index (Phi) is 4.48. The van der Waals surface area contributed by atoms with Crippen molar-refractivity contribution in [3.05, 3.63) is 60.2 Å². The minimum absolute atomic E-state index is 0.130. The third kappa shape index (κ3) is 3.49. The highest BCUT2D eigenvalue weighted by atomic mass is 16.5. The predicted molar refractivity (Wildman–Crippen MR) is 94.2 cm³/mol. The molecule has 6 nitrogen and oxygen atoms in total. The maximum Gasteiger partial charge on any atom is 0.226 e.